The number of amides is 1. The van der Waals surface area contributed by atoms with Crippen LogP contribution in [0.3, 0.4) is 0 Å². The number of ether oxygens (including phenoxy) is 1. The number of hydrogen-bond donors (Lipinski definition) is 2. The van der Waals surface area contributed by atoms with Gasteiger partial charge in [-0.15, -0.1) is 0 Å². The maximum atomic E-state index is 10.6. The Labute approximate surface area is 99.8 Å². The molecule has 0 radical (unpaired) electrons. The summed E-state index contributed by atoms with van der Waals surface area (Å²) in [7, 11) is 0. The number of rotatable bonds is 3. The quantitative estimate of drug-likeness (QED) is 0.840. The number of carboxylic acid groups (broad SMARTS) is 1. The molecule has 0 aromatic carbocycles. The molecule has 2 heterocycles. The standard InChI is InChI=1S/C12H16N2O3/c1-7(2)11-8(6-14-12(15)16)10-9(17-11)4-3-5-13-10/h3-5,7-8,11,14H,6H2,1-2H3,(H,15,16)/t8-,11+/m0/s1. The summed E-state index contributed by atoms with van der Waals surface area (Å²) in [4.78, 5) is 14.9. The van der Waals surface area contributed by atoms with E-state index in [0.717, 1.165) is 11.4 Å². The molecular formula is C12H16N2O3. The number of nitrogens with zero attached hydrogens (tertiary/aromatic N) is 1. The molecule has 1 aliphatic heterocycles. The van der Waals surface area contributed by atoms with E-state index in [-0.39, 0.29) is 12.0 Å². The fourth-order valence-electron chi connectivity index (χ4n) is 2.18. The maximum Gasteiger partial charge on any atom is 0.404 e. The number of carbonyl (C=O) groups is 1. The Balaban J connectivity index is 2.21. The van der Waals surface area contributed by atoms with E-state index in [4.69, 9.17) is 9.84 Å². The van der Waals surface area contributed by atoms with Crippen molar-refractivity contribution in [2.24, 2.45) is 5.92 Å². The Bertz CT molecular complexity index is 420. The van der Waals surface area contributed by atoms with Crippen LogP contribution in [0, 0.1) is 5.92 Å². The third-order valence-electron chi connectivity index (χ3n) is 2.94. The normalized spacial score (nSPS) is 22.1. The van der Waals surface area contributed by atoms with Gasteiger partial charge in [0.15, 0.2) is 0 Å². The molecule has 5 heteroatoms. The second-order valence-electron chi connectivity index (χ2n) is 4.51. The van der Waals surface area contributed by atoms with Crippen LogP contribution in [-0.2, 0) is 0 Å². The van der Waals surface area contributed by atoms with Gasteiger partial charge in [-0.2, -0.15) is 0 Å². The zero-order valence-electron chi connectivity index (χ0n) is 9.88. The minimum atomic E-state index is -1.02. The first-order valence-electron chi connectivity index (χ1n) is 5.68. The Morgan fingerprint density at radius 1 is 1.65 bits per heavy atom. The monoisotopic (exact) mass is 236 g/mol. The molecule has 1 amide bonds. The third kappa shape index (κ3) is 2.33. The lowest BCUT2D eigenvalue weighted by Crippen LogP contribution is -2.34. The zero-order valence-corrected chi connectivity index (χ0v) is 9.88. The van der Waals surface area contributed by atoms with E-state index < -0.39 is 6.09 Å². The molecule has 5 nitrogen and oxygen atoms in total. The summed E-state index contributed by atoms with van der Waals surface area (Å²) in [5.74, 6) is 1.07. The molecule has 1 aliphatic rings. The number of hydrogen-bond acceptors (Lipinski definition) is 3. The predicted octanol–water partition coefficient (Wildman–Crippen LogP) is 1.85. The van der Waals surface area contributed by atoms with E-state index in [0.29, 0.717) is 12.5 Å². The van der Waals surface area contributed by atoms with E-state index in [1.807, 2.05) is 12.1 Å². The van der Waals surface area contributed by atoms with Gasteiger partial charge < -0.3 is 15.2 Å². The van der Waals surface area contributed by atoms with Crippen molar-refractivity contribution in [3.63, 3.8) is 0 Å². The molecule has 2 atom stereocenters. The fraction of sp³-hybridized carbons (Fsp3) is 0.500. The van der Waals surface area contributed by atoms with Gasteiger partial charge in [0.25, 0.3) is 0 Å². The molecule has 17 heavy (non-hydrogen) atoms. The largest absolute Gasteiger partial charge is 0.487 e. The van der Waals surface area contributed by atoms with Crippen LogP contribution in [0.5, 0.6) is 5.75 Å². The summed E-state index contributed by atoms with van der Waals surface area (Å²) in [5, 5.41) is 11.1. The fourth-order valence-corrected chi connectivity index (χ4v) is 2.18. The van der Waals surface area contributed by atoms with Crippen molar-refractivity contribution in [2.75, 3.05) is 6.54 Å². The summed E-state index contributed by atoms with van der Waals surface area (Å²) in [6.45, 7) is 4.46. The van der Waals surface area contributed by atoms with Crippen LogP contribution in [-0.4, -0.2) is 28.8 Å². The van der Waals surface area contributed by atoms with Gasteiger partial charge in [0, 0.05) is 12.7 Å². The maximum absolute atomic E-state index is 10.6. The molecule has 1 aromatic rings. The number of aromatic nitrogens is 1. The molecule has 2 N–H and O–H groups in total. The molecule has 0 aliphatic carbocycles. The highest BCUT2D eigenvalue weighted by molar-refractivity contribution is 5.64. The second-order valence-corrected chi connectivity index (χ2v) is 4.51. The molecule has 2 rings (SSSR count). The molecule has 0 bridgehead atoms. The van der Waals surface area contributed by atoms with Crippen molar-refractivity contribution in [2.45, 2.75) is 25.9 Å². The average molecular weight is 236 g/mol. The zero-order chi connectivity index (χ0) is 12.4. The van der Waals surface area contributed by atoms with Crippen molar-refractivity contribution >= 4 is 6.09 Å². The first-order chi connectivity index (χ1) is 8.09. The van der Waals surface area contributed by atoms with Crippen molar-refractivity contribution in [1.29, 1.82) is 0 Å². The number of pyridine rings is 1. The summed E-state index contributed by atoms with van der Waals surface area (Å²) in [6, 6.07) is 3.70. The summed E-state index contributed by atoms with van der Waals surface area (Å²) < 4.78 is 5.82. The van der Waals surface area contributed by atoms with Crippen LogP contribution in [0.25, 0.3) is 0 Å². The highest BCUT2D eigenvalue weighted by Gasteiger charge is 2.37. The minimum Gasteiger partial charge on any atom is -0.487 e. The Hall–Kier alpha value is -1.78. The number of fused-ring (bicyclic) bond motifs is 1. The SMILES string of the molecule is CC(C)[C@H]1Oc2cccnc2[C@@H]1CNC(=O)O. The van der Waals surface area contributed by atoms with Gasteiger partial charge in [-0.25, -0.2) is 4.79 Å². The number of nitrogens with one attached hydrogen (secondary N) is 1. The highest BCUT2D eigenvalue weighted by atomic mass is 16.5. The van der Waals surface area contributed by atoms with Gasteiger partial charge in [0.1, 0.15) is 11.9 Å². The lowest BCUT2D eigenvalue weighted by atomic mass is 9.92. The predicted molar refractivity (Wildman–Crippen MR) is 62.3 cm³/mol. The van der Waals surface area contributed by atoms with E-state index in [1.165, 1.54) is 0 Å². The molecule has 1 aromatic heterocycles. The second kappa shape index (κ2) is 4.61. The van der Waals surface area contributed by atoms with Crippen molar-refractivity contribution in [3.05, 3.63) is 24.0 Å². The van der Waals surface area contributed by atoms with E-state index in [9.17, 15) is 4.79 Å². The van der Waals surface area contributed by atoms with Crippen LogP contribution >= 0.6 is 0 Å². The topological polar surface area (TPSA) is 71.5 Å². The van der Waals surface area contributed by atoms with Gasteiger partial charge in [-0.3, -0.25) is 4.98 Å². The molecule has 0 saturated carbocycles. The Morgan fingerprint density at radius 3 is 3.06 bits per heavy atom. The summed E-state index contributed by atoms with van der Waals surface area (Å²) >= 11 is 0. The summed E-state index contributed by atoms with van der Waals surface area (Å²) in [5.41, 5.74) is 0.847. The van der Waals surface area contributed by atoms with Gasteiger partial charge in [0.2, 0.25) is 0 Å². The van der Waals surface area contributed by atoms with Crippen LogP contribution in [0.15, 0.2) is 18.3 Å². The van der Waals surface area contributed by atoms with Gasteiger partial charge >= 0.3 is 6.09 Å². The van der Waals surface area contributed by atoms with Crippen molar-refractivity contribution in [3.8, 4) is 5.75 Å². The highest BCUT2D eigenvalue weighted by Crippen LogP contribution is 2.38. The first kappa shape index (κ1) is 11.7. The van der Waals surface area contributed by atoms with Crippen molar-refractivity contribution in [1.82, 2.24) is 10.3 Å². The average Bonchev–Trinajstić information content (AvgIpc) is 2.65. The van der Waals surface area contributed by atoms with Gasteiger partial charge in [-0.1, -0.05) is 13.8 Å². The molecular weight excluding hydrogens is 220 g/mol. The summed E-state index contributed by atoms with van der Waals surface area (Å²) in [6.07, 6.45) is 0.669. The first-order valence-corrected chi connectivity index (χ1v) is 5.68. The lowest BCUT2D eigenvalue weighted by molar-refractivity contribution is 0.148. The van der Waals surface area contributed by atoms with E-state index in [2.05, 4.69) is 24.1 Å². The lowest BCUT2D eigenvalue weighted by Gasteiger charge is -2.21. The van der Waals surface area contributed by atoms with Crippen molar-refractivity contribution < 1.29 is 14.6 Å². The molecule has 0 spiro atoms. The van der Waals surface area contributed by atoms with Gasteiger partial charge in [-0.05, 0) is 18.1 Å². The Morgan fingerprint density at radius 2 is 2.41 bits per heavy atom. The van der Waals surface area contributed by atoms with E-state index in [1.54, 1.807) is 6.20 Å². The molecule has 92 valence electrons. The van der Waals surface area contributed by atoms with Crippen LogP contribution in [0.2, 0.25) is 0 Å². The third-order valence-corrected chi connectivity index (χ3v) is 2.94. The molecule has 0 unspecified atom stereocenters. The van der Waals surface area contributed by atoms with Gasteiger partial charge in [0.05, 0.1) is 11.6 Å². The molecule has 0 fully saturated rings. The van der Waals surface area contributed by atoms with Crippen LogP contribution < -0.4 is 10.1 Å². The molecule has 0 saturated heterocycles. The Kier molecular flexibility index (Phi) is 3.17. The van der Waals surface area contributed by atoms with Crippen LogP contribution in [0.4, 0.5) is 4.79 Å². The van der Waals surface area contributed by atoms with E-state index >= 15 is 0 Å². The van der Waals surface area contributed by atoms with Crippen LogP contribution in [0.1, 0.15) is 25.5 Å². The minimum absolute atomic E-state index is 0.0118. The smallest absolute Gasteiger partial charge is 0.404 e.